The summed E-state index contributed by atoms with van der Waals surface area (Å²) in [5, 5.41) is 0. The van der Waals surface area contributed by atoms with Crippen molar-refractivity contribution in [3.63, 3.8) is 0 Å². The van der Waals surface area contributed by atoms with Crippen LogP contribution in [0.15, 0.2) is 29.2 Å². The van der Waals surface area contributed by atoms with Crippen molar-refractivity contribution in [2.24, 2.45) is 5.92 Å². The van der Waals surface area contributed by atoms with Crippen molar-refractivity contribution in [1.29, 1.82) is 0 Å². The summed E-state index contributed by atoms with van der Waals surface area (Å²) in [4.78, 5) is 24.2. The smallest absolute Gasteiger partial charge is 0.338 e. The number of nitrogens with zero attached hydrogens (tertiary/aromatic N) is 1. The number of hydrogen-bond acceptors (Lipinski definition) is 5. The quantitative estimate of drug-likeness (QED) is 0.752. The molecule has 6 nitrogen and oxygen atoms in total. The molecular weight excluding hydrogens is 354 g/mol. The molecule has 7 heteroatoms. The number of ether oxygens (including phenoxy) is 1. The number of benzene rings is 1. The van der Waals surface area contributed by atoms with E-state index in [9.17, 15) is 18.0 Å². The molecule has 1 aromatic carbocycles. The molecule has 1 heterocycles. The van der Waals surface area contributed by atoms with Crippen LogP contribution in [0.25, 0.3) is 0 Å². The first-order valence-corrected chi connectivity index (χ1v) is 10.7. The predicted octanol–water partition coefficient (Wildman–Crippen LogP) is 2.78. The summed E-state index contributed by atoms with van der Waals surface area (Å²) >= 11 is 0. The van der Waals surface area contributed by atoms with Gasteiger partial charge < -0.3 is 4.74 Å². The van der Waals surface area contributed by atoms with Gasteiger partial charge in [-0.05, 0) is 62.3 Å². The van der Waals surface area contributed by atoms with Crippen LogP contribution in [-0.4, -0.2) is 43.7 Å². The summed E-state index contributed by atoms with van der Waals surface area (Å²) in [7, 11) is -3.55. The molecule has 1 saturated heterocycles. The van der Waals surface area contributed by atoms with E-state index in [1.165, 1.54) is 28.6 Å². The SMILES string of the molecule is C[C@@H]1CCCN(S(=O)(=O)c2ccc(C(=O)O[C@H]3CCCCC3=O)cc2)C1. The number of Topliss-reactive ketones (excluding diaryl/α,β-unsaturated/α-hetero) is 1. The van der Waals surface area contributed by atoms with E-state index in [2.05, 4.69) is 0 Å². The lowest BCUT2D eigenvalue weighted by Crippen LogP contribution is -2.39. The number of ketones is 1. The number of hydrogen-bond donors (Lipinski definition) is 0. The van der Waals surface area contributed by atoms with Crippen LogP contribution >= 0.6 is 0 Å². The van der Waals surface area contributed by atoms with Gasteiger partial charge in [0.1, 0.15) is 0 Å². The van der Waals surface area contributed by atoms with Crippen LogP contribution in [-0.2, 0) is 19.6 Å². The van der Waals surface area contributed by atoms with E-state index in [1.807, 2.05) is 6.92 Å². The van der Waals surface area contributed by atoms with Crippen molar-refractivity contribution in [1.82, 2.24) is 4.31 Å². The van der Waals surface area contributed by atoms with Crippen molar-refractivity contribution in [3.8, 4) is 0 Å². The average molecular weight is 379 g/mol. The molecule has 0 spiro atoms. The lowest BCUT2D eigenvalue weighted by Gasteiger charge is -2.30. The highest BCUT2D eigenvalue weighted by molar-refractivity contribution is 7.89. The molecule has 0 unspecified atom stereocenters. The Balaban J connectivity index is 1.69. The van der Waals surface area contributed by atoms with Gasteiger partial charge in [-0.3, -0.25) is 4.79 Å². The molecule has 0 bridgehead atoms. The highest BCUT2D eigenvalue weighted by atomic mass is 32.2. The van der Waals surface area contributed by atoms with Crippen molar-refractivity contribution in [2.45, 2.75) is 56.4 Å². The van der Waals surface area contributed by atoms with Gasteiger partial charge in [-0.15, -0.1) is 0 Å². The maximum absolute atomic E-state index is 12.7. The molecule has 1 aliphatic carbocycles. The van der Waals surface area contributed by atoms with E-state index in [0.717, 1.165) is 25.7 Å². The Hall–Kier alpha value is -1.73. The highest BCUT2D eigenvalue weighted by Gasteiger charge is 2.29. The molecular formula is C19H25NO5S. The van der Waals surface area contributed by atoms with Crippen LogP contribution < -0.4 is 0 Å². The fourth-order valence-electron chi connectivity index (χ4n) is 3.55. The monoisotopic (exact) mass is 379 g/mol. The van der Waals surface area contributed by atoms with Gasteiger partial charge >= 0.3 is 5.97 Å². The Morgan fingerprint density at radius 2 is 1.85 bits per heavy atom. The first-order chi connectivity index (χ1) is 12.4. The zero-order valence-electron chi connectivity index (χ0n) is 15.0. The summed E-state index contributed by atoms with van der Waals surface area (Å²) in [6.07, 6.45) is 3.95. The van der Waals surface area contributed by atoms with E-state index in [1.54, 1.807) is 0 Å². The number of carbonyl (C=O) groups excluding carboxylic acids is 2. The van der Waals surface area contributed by atoms with E-state index >= 15 is 0 Å². The fraction of sp³-hybridized carbons (Fsp3) is 0.579. The van der Waals surface area contributed by atoms with Gasteiger partial charge in [0, 0.05) is 19.5 Å². The molecule has 2 fully saturated rings. The van der Waals surface area contributed by atoms with Crippen molar-refractivity contribution in [2.75, 3.05) is 13.1 Å². The Bertz CT molecular complexity index is 772. The number of esters is 1. The summed E-state index contributed by atoms with van der Waals surface area (Å²) in [6, 6.07) is 5.79. The van der Waals surface area contributed by atoms with Gasteiger partial charge in [-0.25, -0.2) is 13.2 Å². The third-order valence-electron chi connectivity index (χ3n) is 5.10. The van der Waals surface area contributed by atoms with Crippen molar-refractivity contribution in [3.05, 3.63) is 29.8 Å². The molecule has 0 amide bonds. The van der Waals surface area contributed by atoms with E-state index in [4.69, 9.17) is 4.74 Å². The van der Waals surface area contributed by atoms with Gasteiger partial charge in [-0.1, -0.05) is 6.92 Å². The van der Waals surface area contributed by atoms with Gasteiger partial charge in [0.05, 0.1) is 10.5 Å². The minimum Gasteiger partial charge on any atom is -0.451 e. The normalized spacial score (nSPS) is 25.0. The second kappa shape index (κ2) is 7.88. The first kappa shape index (κ1) is 19.0. The topological polar surface area (TPSA) is 80.8 Å². The first-order valence-electron chi connectivity index (χ1n) is 9.22. The number of piperidine rings is 1. The molecule has 1 aromatic rings. The van der Waals surface area contributed by atoms with Crippen LogP contribution in [0, 0.1) is 5.92 Å². The maximum atomic E-state index is 12.7. The standard InChI is InChI=1S/C19H25NO5S/c1-14-5-4-12-20(13-14)26(23,24)16-10-8-15(9-11-16)19(22)25-18-7-3-2-6-17(18)21/h8-11,14,18H,2-7,12-13H2,1H3/t14-,18+/m1/s1. The van der Waals surface area contributed by atoms with Crippen LogP contribution in [0.1, 0.15) is 55.8 Å². The Kier molecular flexibility index (Phi) is 5.77. The largest absolute Gasteiger partial charge is 0.451 e. The average Bonchev–Trinajstić information content (AvgIpc) is 2.63. The third-order valence-corrected chi connectivity index (χ3v) is 6.97. The Morgan fingerprint density at radius 3 is 2.50 bits per heavy atom. The van der Waals surface area contributed by atoms with Crippen LogP contribution in [0.4, 0.5) is 0 Å². The molecule has 3 rings (SSSR count). The minimum atomic E-state index is -3.55. The maximum Gasteiger partial charge on any atom is 0.338 e. The second-order valence-electron chi connectivity index (χ2n) is 7.24. The molecule has 1 saturated carbocycles. The summed E-state index contributed by atoms with van der Waals surface area (Å²) in [5.41, 5.74) is 0.259. The fourth-order valence-corrected chi connectivity index (χ4v) is 5.15. The van der Waals surface area contributed by atoms with Crippen molar-refractivity contribution >= 4 is 21.8 Å². The lowest BCUT2D eigenvalue weighted by molar-refractivity contribution is -0.129. The Labute approximate surface area is 154 Å². The van der Waals surface area contributed by atoms with Gasteiger partial charge in [0.15, 0.2) is 11.9 Å². The predicted molar refractivity (Wildman–Crippen MR) is 96.3 cm³/mol. The number of sulfonamides is 1. The van der Waals surface area contributed by atoms with Gasteiger partial charge in [0.2, 0.25) is 10.0 Å². The zero-order chi connectivity index (χ0) is 18.7. The molecule has 0 radical (unpaired) electrons. The molecule has 2 aliphatic rings. The minimum absolute atomic E-state index is 0.0389. The second-order valence-corrected chi connectivity index (χ2v) is 9.18. The summed E-state index contributed by atoms with van der Waals surface area (Å²) < 4.78 is 32.3. The summed E-state index contributed by atoms with van der Waals surface area (Å²) in [6.45, 7) is 3.10. The van der Waals surface area contributed by atoms with E-state index in [0.29, 0.717) is 31.8 Å². The number of rotatable bonds is 4. The molecule has 142 valence electrons. The van der Waals surface area contributed by atoms with Crippen LogP contribution in [0.2, 0.25) is 0 Å². The van der Waals surface area contributed by atoms with Crippen LogP contribution in [0.3, 0.4) is 0 Å². The summed E-state index contributed by atoms with van der Waals surface area (Å²) in [5.74, 6) is -0.274. The molecule has 0 N–H and O–H groups in total. The highest BCUT2D eigenvalue weighted by Crippen LogP contribution is 2.24. The molecule has 0 aromatic heterocycles. The third kappa shape index (κ3) is 4.15. The number of carbonyl (C=O) groups is 2. The van der Waals surface area contributed by atoms with E-state index < -0.39 is 22.1 Å². The van der Waals surface area contributed by atoms with E-state index in [-0.39, 0.29) is 16.2 Å². The molecule has 1 aliphatic heterocycles. The molecule has 2 atom stereocenters. The molecule has 26 heavy (non-hydrogen) atoms. The van der Waals surface area contributed by atoms with Crippen molar-refractivity contribution < 1.29 is 22.7 Å². The van der Waals surface area contributed by atoms with Crippen LogP contribution in [0.5, 0.6) is 0 Å². The van der Waals surface area contributed by atoms with Gasteiger partial charge in [0.25, 0.3) is 0 Å². The van der Waals surface area contributed by atoms with Gasteiger partial charge in [-0.2, -0.15) is 4.31 Å². The lowest BCUT2D eigenvalue weighted by atomic mass is 9.96. The zero-order valence-corrected chi connectivity index (χ0v) is 15.8. The Morgan fingerprint density at radius 1 is 1.12 bits per heavy atom.